The van der Waals surface area contributed by atoms with Crippen molar-refractivity contribution >= 4 is 0 Å². The monoisotopic (exact) mass is 252 g/mol. The van der Waals surface area contributed by atoms with Crippen molar-refractivity contribution < 1.29 is 5.11 Å². The van der Waals surface area contributed by atoms with Crippen LogP contribution in [0.2, 0.25) is 0 Å². The zero-order chi connectivity index (χ0) is 13.5. The molecule has 2 rings (SSSR count). The number of rotatable bonds is 6. The third-order valence-electron chi connectivity index (χ3n) is 3.37. The average Bonchev–Trinajstić information content (AvgIpc) is 2.47. The fraction of sp³-hybridized carbons (Fsp3) is 0.222. The van der Waals surface area contributed by atoms with Crippen LogP contribution < -0.4 is 0 Å². The Bertz CT molecular complexity index is 450. The summed E-state index contributed by atoms with van der Waals surface area (Å²) >= 11 is 0. The maximum Gasteiger partial charge on any atom is 0.0652 e. The molecule has 0 heterocycles. The summed E-state index contributed by atoms with van der Waals surface area (Å²) in [5.74, 6) is 0.0300. The molecule has 0 aliphatic heterocycles. The van der Waals surface area contributed by atoms with E-state index in [1.165, 1.54) is 0 Å². The minimum atomic E-state index is -0.386. The first-order valence-electron chi connectivity index (χ1n) is 6.71. The first-order chi connectivity index (χ1) is 9.33. The van der Waals surface area contributed by atoms with Gasteiger partial charge < -0.3 is 5.11 Å². The molecule has 0 saturated heterocycles. The molecule has 1 nitrogen and oxygen atoms in total. The van der Waals surface area contributed by atoms with Gasteiger partial charge in [0, 0.05) is 5.92 Å². The van der Waals surface area contributed by atoms with Crippen LogP contribution in [-0.4, -0.2) is 11.2 Å². The highest BCUT2D eigenvalue weighted by molar-refractivity contribution is 5.33. The molecule has 0 amide bonds. The Hall–Kier alpha value is -1.86. The Kier molecular flexibility index (Phi) is 4.93. The second-order valence-electron chi connectivity index (χ2n) is 4.73. The molecule has 1 N–H and O–H groups in total. The van der Waals surface area contributed by atoms with E-state index >= 15 is 0 Å². The van der Waals surface area contributed by atoms with Crippen molar-refractivity contribution in [1.29, 1.82) is 0 Å². The quantitative estimate of drug-likeness (QED) is 0.766. The fourth-order valence-corrected chi connectivity index (χ4v) is 2.41. The maximum atomic E-state index is 10.5. The zero-order valence-electron chi connectivity index (χ0n) is 11.1. The van der Waals surface area contributed by atoms with Crippen LogP contribution in [0.15, 0.2) is 73.3 Å². The van der Waals surface area contributed by atoms with Crippen LogP contribution in [0.4, 0.5) is 0 Å². The summed E-state index contributed by atoms with van der Waals surface area (Å²) in [6, 6.07) is 20.4. The predicted octanol–water partition coefficient (Wildman–Crippen LogP) is 4.15. The summed E-state index contributed by atoms with van der Waals surface area (Å²) in [6.45, 7) is 3.73. The van der Waals surface area contributed by atoms with E-state index in [4.69, 9.17) is 0 Å². The minimum absolute atomic E-state index is 0.0300. The molecule has 0 aromatic heterocycles. The van der Waals surface area contributed by atoms with Crippen LogP contribution in [0.25, 0.3) is 0 Å². The van der Waals surface area contributed by atoms with Gasteiger partial charge in [-0.1, -0.05) is 66.7 Å². The van der Waals surface area contributed by atoms with E-state index < -0.39 is 0 Å². The third kappa shape index (κ3) is 3.55. The van der Waals surface area contributed by atoms with Crippen LogP contribution in [0.1, 0.15) is 29.9 Å². The largest absolute Gasteiger partial charge is 0.392 e. The Morgan fingerprint density at radius 3 is 1.79 bits per heavy atom. The summed E-state index contributed by atoms with van der Waals surface area (Å²) in [6.07, 6.45) is 3.04. The lowest BCUT2D eigenvalue weighted by atomic mass is 9.85. The predicted molar refractivity (Wildman–Crippen MR) is 80.2 cm³/mol. The number of benzene rings is 2. The van der Waals surface area contributed by atoms with Gasteiger partial charge in [0.05, 0.1) is 6.10 Å². The smallest absolute Gasteiger partial charge is 0.0652 e. The van der Waals surface area contributed by atoms with E-state index in [1.807, 2.05) is 42.5 Å². The first-order valence-corrected chi connectivity index (χ1v) is 6.71. The van der Waals surface area contributed by atoms with E-state index in [2.05, 4.69) is 30.8 Å². The Balaban J connectivity index is 2.31. The van der Waals surface area contributed by atoms with Crippen molar-refractivity contribution in [2.24, 2.45) is 0 Å². The highest BCUT2D eigenvalue weighted by Gasteiger charge is 2.22. The SMILES string of the molecule is C=CCCC(O)C(c1ccccc1)c1ccccc1. The molecular formula is C18H20O. The van der Waals surface area contributed by atoms with Gasteiger partial charge in [0.2, 0.25) is 0 Å². The van der Waals surface area contributed by atoms with E-state index in [0.717, 1.165) is 24.0 Å². The van der Waals surface area contributed by atoms with E-state index in [0.29, 0.717) is 0 Å². The summed E-state index contributed by atoms with van der Waals surface area (Å²) in [7, 11) is 0. The summed E-state index contributed by atoms with van der Waals surface area (Å²) in [5.41, 5.74) is 2.32. The van der Waals surface area contributed by atoms with Crippen molar-refractivity contribution in [3.63, 3.8) is 0 Å². The van der Waals surface area contributed by atoms with Gasteiger partial charge in [-0.25, -0.2) is 0 Å². The zero-order valence-corrected chi connectivity index (χ0v) is 11.1. The molecule has 0 aliphatic carbocycles. The van der Waals surface area contributed by atoms with Gasteiger partial charge in [-0.2, -0.15) is 0 Å². The standard InChI is InChI=1S/C18H20O/c1-2-3-14-17(19)18(15-10-6-4-7-11-15)16-12-8-5-9-13-16/h2,4-13,17-19H,1,3,14H2. The Morgan fingerprint density at radius 2 is 1.37 bits per heavy atom. The molecule has 0 aliphatic rings. The molecule has 19 heavy (non-hydrogen) atoms. The number of aliphatic hydroxyl groups excluding tert-OH is 1. The topological polar surface area (TPSA) is 20.2 Å². The number of hydrogen-bond donors (Lipinski definition) is 1. The summed E-state index contributed by atoms with van der Waals surface area (Å²) in [4.78, 5) is 0. The molecule has 0 saturated carbocycles. The molecular weight excluding hydrogens is 232 g/mol. The minimum Gasteiger partial charge on any atom is -0.392 e. The number of aliphatic hydroxyl groups is 1. The Labute approximate surface area is 115 Å². The van der Waals surface area contributed by atoms with Gasteiger partial charge in [0.25, 0.3) is 0 Å². The van der Waals surface area contributed by atoms with Crippen molar-refractivity contribution in [1.82, 2.24) is 0 Å². The molecule has 1 atom stereocenters. The van der Waals surface area contributed by atoms with Gasteiger partial charge >= 0.3 is 0 Å². The molecule has 0 fully saturated rings. The van der Waals surface area contributed by atoms with Crippen molar-refractivity contribution in [3.8, 4) is 0 Å². The Morgan fingerprint density at radius 1 is 0.895 bits per heavy atom. The van der Waals surface area contributed by atoms with Gasteiger partial charge in [-0.3, -0.25) is 0 Å². The van der Waals surface area contributed by atoms with Crippen LogP contribution in [-0.2, 0) is 0 Å². The van der Waals surface area contributed by atoms with Gasteiger partial charge in [0.1, 0.15) is 0 Å². The lowest BCUT2D eigenvalue weighted by molar-refractivity contribution is 0.148. The second-order valence-corrected chi connectivity index (χ2v) is 4.73. The number of allylic oxidation sites excluding steroid dienone is 1. The second kappa shape index (κ2) is 6.91. The van der Waals surface area contributed by atoms with Crippen molar-refractivity contribution in [2.75, 3.05) is 0 Å². The van der Waals surface area contributed by atoms with E-state index in [1.54, 1.807) is 0 Å². The summed E-state index contributed by atoms with van der Waals surface area (Å²) < 4.78 is 0. The van der Waals surface area contributed by atoms with Gasteiger partial charge in [-0.15, -0.1) is 6.58 Å². The normalized spacial score (nSPS) is 12.3. The van der Waals surface area contributed by atoms with E-state index in [9.17, 15) is 5.11 Å². The molecule has 0 radical (unpaired) electrons. The van der Waals surface area contributed by atoms with Crippen molar-refractivity contribution in [2.45, 2.75) is 24.9 Å². The van der Waals surface area contributed by atoms with Crippen LogP contribution >= 0.6 is 0 Å². The molecule has 0 spiro atoms. The number of hydrogen-bond acceptors (Lipinski definition) is 1. The molecule has 2 aromatic carbocycles. The molecule has 1 unspecified atom stereocenters. The van der Waals surface area contributed by atoms with E-state index in [-0.39, 0.29) is 12.0 Å². The van der Waals surface area contributed by atoms with Gasteiger partial charge in [0.15, 0.2) is 0 Å². The first kappa shape index (κ1) is 13.6. The molecule has 98 valence electrons. The van der Waals surface area contributed by atoms with Crippen molar-refractivity contribution in [3.05, 3.63) is 84.4 Å². The fourth-order valence-electron chi connectivity index (χ4n) is 2.41. The third-order valence-corrected chi connectivity index (χ3v) is 3.37. The maximum absolute atomic E-state index is 10.5. The van der Waals surface area contributed by atoms with Crippen LogP contribution in [0.3, 0.4) is 0 Å². The molecule has 2 aromatic rings. The van der Waals surface area contributed by atoms with Gasteiger partial charge in [-0.05, 0) is 24.0 Å². The summed E-state index contributed by atoms with van der Waals surface area (Å²) in [5, 5.41) is 10.5. The van der Waals surface area contributed by atoms with Crippen LogP contribution in [0, 0.1) is 0 Å². The molecule has 0 bridgehead atoms. The lowest BCUT2D eigenvalue weighted by Gasteiger charge is -2.23. The molecule has 1 heteroatoms. The average molecular weight is 252 g/mol. The van der Waals surface area contributed by atoms with Crippen LogP contribution in [0.5, 0.6) is 0 Å². The highest BCUT2D eigenvalue weighted by atomic mass is 16.3. The highest BCUT2D eigenvalue weighted by Crippen LogP contribution is 2.29. The lowest BCUT2D eigenvalue weighted by Crippen LogP contribution is -2.19.